The maximum atomic E-state index is 14.2. The van der Waals surface area contributed by atoms with Crippen LogP contribution in [0.3, 0.4) is 0 Å². The fourth-order valence-corrected chi connectivity index (χ4v) is 7.06. The molecule has 11 heteroatoms. The highest BCUT2D eigenvalue weighted by atomic mass is 35.5. The number of nitrogens with one attached hydrogen (secondary N) is 1. The molecule has 0 radical (unpaired) electrons. The Hall–Kier alpha value is -3.27. The van der Waals surface area contributed by atoms with Crippen molar-refractivity contribution >= 4 is 50.7 Å². The van der Waals surface area contributed by atoms with E-state index in [1.807, 2.05) is 6.92 Å². The number of sulfonamides is 1. The van der Waals surface area contributed by atoms with Crippen LogP contribution in [-0.4, -0.2) is 50.9 Å². The number of carbonyl (C=O) groups excluding carboxylic acids is 2. The summed E-state index contributed by atoms with van der Waals surface area (Å²) in [6.45, 7) is 2.89. The number of benzene rings is 3. The van der Waals surface area contributed by atoms with E-state index in [2.05, 4.69) is 5.32 Å². The molecule has 0 bridgehead atoms. The molecular formula is C32H37Cl2N3O5S. The van der Waals surface area contributed by atoms with Gasteiger partial charge in [0.25, 0.3) is 10.0 Å². The first-order chi connectivity index (χ1) is 20.5. The molecule has 8 nitrogen and oxygen atoms in total. The summed E-state index contributed by atoms with van der Waals surface area (Å²) in [4.78, 5) is 29.1. The minimum Gasteiger partial charge on any atom is -0.495 e. The molecule has 3 aromatic carbocycles. The molecule has 4 rings (SSSR count). The monoisotopic (exact) mass is 645 g/mol. The van der Waals surface area contributed by atoms with Gasteiger partial charge in [-0.1, -0.05) is 78.4 Å². The third-order valence-corrected chi connectivity index (χ3v) is 10.1. The average molecular weight is 647 g/mol. The summed E-state index contributed by atoms with van der Waals surface area (Å²) >= 11 is 12.6. The summed E-state index contributed by atoms with van der Waals surface area (Å²) in [5.74, 6) is -0.615. The lowest BCUT2D eigenvalue weighted by Crippen LogP contribution is -2.53. The maximum absolute atomic E-state index is 14.2. The van der Waals surface area contributed by atoms with Crippen molar-refractivity contribution in [2.75, 3.05) is 18.0 Å². The molecule has 0 aromatic heterocycles. The molecule has 1 saturated carbocycles. The Morgan fingerprint density at radius 2 is 1.67 bits per heavy atom. The quantitative estimate of drug-likeness (QED) is 0.261. The lowest BCUT2D eigenvalue weighted by molar-refractivity contribution is -0.139. The van der Waals surface area contributed by atoms with Crippen molar-refractivity contribution in [1.29, 1.82) is 0 Å². The van der Waals surface area contributed by atoms with Gasteiger partial charge in [-0.2, -0.15) is 0 Å². The van der Waals surface area contributed by atoms with E-state index in [9.17, 15) is 18.0 Å². The second kappa shape index (κ2) is 14.5. The second-order valence-corrected chi connectivity index (χ2v) is 13.5. The molecule has 0 saturated heterocycles. The number of nitrogens with zero attached hydrogens (tertiary/aromatic N) is 2. The zero-order valence-corrected chi connectivity index (χ0v) is 26.9. The Kier molecular flexibility index (Phi) is 11.0. The highest BCUT2D eigenvalue weighted by Crippen LogP contribution is 2.33. The van der Waals surface area contributed by atoms with Crippen molar-refractivity contribution in [2.45, 2.75) is 69.5 Å². The van der Waals surface area contributed by atoms with Crippen LogP contribution in [0, 0.1) is 6.92 Å². The molecule has 0 spiro atoms. The van der Waals surface area contributed by atoms with E-state index in [1.54, 1.807) is 61.5 Å². The summed E-state index contributed by atoms with van der Waals surface area (Å²) in [6.07, 6.45) is 4.97. The van der Waals surface area contributed by atoms with E-state index in [0.29, 0.717) is 15.6 Å². The van der Waals surface area contributed by atoms with Gasteiger partial charge in [-0.25, -0.2) is 8.42 Å². The van der Waals surface area contributed by atoms with E-state index in [-0.39, 0.29) is 34.8 Å². The molecule has 1 fully saturated rings. The Labute approximate surface area is 264 Å². The molecule has 2 amide bonds. The summed E-state index contributed by atoms with van der Waals surface area (Å²) in [5, 5.41) is 3.85. The van der Waals surface area contributed by atoms with Crippen molar-refractivity contribution in [3.8, 4) is 5.75 Å². The number of aryl methyl sites for hydroxylation is 1. The van der Waals surface area contributed by atoms with Crippen molar-refractivity contribution in [2.24, 2.45) is 0 Å². The van der Waals surface area contributed by atoms with E-state index in [4.69, 9.17) is 27.9 Å². The molecule has 1 aliphatic carbocycles. The highest BCUT2D eigenvalue weighted by Gasteiger charge is 2.34. The molecule has 1 aliphatic rings. The second-order valence-electron chi connectivity index (χ2n) is 10.8. The zero-order chi connectivity index (χ0) is 31.1. The number of ether oxygens (including phenoxy) is 1. The van der Waals surface area contributed by atoms with Crippen LogP contribution in [0.15, 0.2) is 71.6 Å². The van der Waals surface area contributed by atoms with Gasteiger partial charge in [-0.05, 0) is 68.7 Å². The van der Waals surface area contributed by atoms with Crippen LogP contribution in [0.1, 0.15) is 50.2 Å². The third-order valence-electron chi connectivity index (χ3n) is 7.72. The van der Waals surface area contributed by atoms with Gasteiger partial charge in [0.15, 0.2) is 0 Å². The van der Waals surface area contributed by atoms with Crippen molar-refractivity contribution in [3.05, 3.63) is 87.9 Å². The van der Waals surface area contributed by atoms with Crippen molar-refractivity contribution in [3.63, 3.8) is 0 Å². The first kappa shape index (κ1) is 32.6. The van der Waals surface area contributed by atoms with E-state index in [0.717, 1.165) is 42.0 Å². The van der Waals surface area contributed by atoms with Crippen LogP contribution in [0.4, 0.5) is 5.69 Å². The fourth-order valence-electron chi connectivity index (χ4n) is 5.17. The Balaban J connectivity index is 1.72. The summed E-state index contributed by atoms with van der Waals surface area (Å²) < 4.78 is 34.7. The minimum atomic E-state index is -4.23. The van der Waals surface area contributed by atoms with Crippen molar-refractivity contribution < 1.29 is 22.7 Å². The Morgan fingerprint density at radius 3 is 2.33 bits per heavy atom. The van der Waals surface area contributed by atoms with Gasteiger partial charge >= 0.3 is 0 Å². The molecular weight excluding hydrogens is 609 g/mol. The minimum absolute atomic E-state index is 0.0205. The predicted octanol–water partition coefficient (Wildman–Crippen LogP) is 6.37. The van der Waals surface area contributed by atoms with Crippen LogP contribution in [0.25, 0.3) is 0 Å². The first-order valence-electron chi connectivity index (χ1n) is 14.3. The van der Waals surface area contributed by atoms with E-state index >= 15 is 0 Å². The summed E-state index contributed by atoms with van der Waals surface area (Å²) in [7, 11) is -2.79. The van der Waals surface area contributed by atoms with Gasteiger partial charge in [-0.15, -0.1) is 0 Å². The molecule has 1 unspecified atom stereocenters. The largest absolute Gasteiger partial charge is 0.495 e. The van der Waals surface area contributed by atoms with Crippen molar-refractivity contribution in [1.82, 2.24) is 10.2 Å². The molecule has 0 heterocycles. The van der Waals surface area contributed by atoms with Gasteiger partial charge in [0.1, 0.15) is 18.3 Å². The Bertz CT molecular complexity index is 1540. The smallest absolute Gasteiger partial charge is 0.264 e. The number of hydrogen-bond acceptors (Lipinski definition) is 5. The van der Waals surface area contributed by atoms with Crippen LogP contribution < -0.4 is 14.4 Å². The first-order valence-corrected chi connectivity index (χ1v) is 16.5. The van der Waals surface area contributed by atoms with Crippen LogP contribution in [0.5, 0.6) is 5.75 Å². The van der Waals surface area contributed by atoms with Gasteiger partial charge in [-0.3, -0.25) is 13.9 Å². The van der Waals surface area contributed by atoms with Gasteiger partial charge < -0.3 is 15.0 Å². The lowest BCUT2D eigenvalue weighted by atomic mass is 9.95. The number of rotatable bonds is 11. The fraction of sp³-hybridized carbons (Fsp3) is 0.375. The molecule has 230 valence electrons. The number of hydrogen-bond donors (Lipinski definition) is 1. The van der Waals surface area contributed by atoms with Crippen LogP contribution in [0.2, 0.25) is 10.0 Å². The summed E-state index contributed by atoms with van der Waals surface area (Å²) in [5.41, 5.74) is 1.66. The molecule has 0 aliphatic heterocycles. The number of halogens is 2. The Morgan fingerprint density at radius 1 is 1.00 bits per heavy atom. The number of methoxy groups -OCH3 is 1. The van der Waals surface area contributed by atoms with E-state index in [1.165, 1.54) is 24.1 Å². The van der Waals surface area contributed by atoms with Crippen LogP contribution >= 0.6 is 23.2 Å². The lowest BCUT2D eigenvalue weighted by Gasteiger charge is -2.33. The standard InChI is InChI=1S/C32H37Cl2N3O5S/c1-22-13-17-27(18-14-22)43(40,41)37(29-11-7-8-12-30(29)42-3)21-31(38)36(20-24-15-16-25(33)19-28(24)34)23(2)32(39)35-26-9-5-4-6-10-26/h7-8,11-19,23,26H,4-6,9-10,20-21H2,1-3H3,(H,35,39). The normalized spacial score (nSPS) is 14.5. The molecule has 3 aromatic rings. The molecule has 1 N–H and O–H groups in total. The number of para-hydroxylation sites is 2. The van der Waals surface area contributed by atoms with E-state index < -0.39 is 28.5 Å². The SMILES string of the molecule is COc1ccccc1N(CC(=O)N(Cc1ccc(Cl)cc1Cl)C(C)C(=O)NC1CCCCC1)S(=O)(=O)c1ccc(C)cc1. The number of carbonyl (C=O) groups is 2. The number of amides is 2. The summed E-state index contributed by atoms with van der Waals surface area (Å²) in [6, 6.07) is 17.0. The van der Waals surface area contributed by atoms with Gasteiger partial charge in [0.05, 0.1) is 17.7 Å². The molecule has 1 atom stereocenters. The van der Waals surface area contributed by atoms with Crippen LogP contribution in [-0.2, 0) is 26.2 Å². The zero-order valence-electron chi connectivity index (χ0n) is 24.6. The number of anilines is 1. The van der Waals surface area contributed by atoms with Gasteiger partial charge in [0, 0.05) is 22.6 Å². The third kappa shape index (κ3) is 8.02. The predicted molar refractivity (Wildman–Crippen MR) is 170 cm³/mol. The highest BCUT2D eigenvalue weighted by molar-refractivity contribution is 7.92. The molecule has 43 heavy (non-hydrogen) atoms. The topological polar surface area (TPSA) is 96.0 Å². The van der Waals surface area contributed by atoms with Gasteiger partial charge in [0.2, 0.25) is 11.8 Å². The average Bonchev–Trinajstić information content (AvgIpc) is 2.99. The maximum Gasteiger partial charge on any atom is 0.264 e.